The minimum Gasteiger partial charge on any atom is -0.306 e. The Morgan fingerprint density at radius 3 is 2.13 bits per heavy atom. The van der Waals surface area contributed by atoms with Crippen LogP contribution in [-0.2, 0) is 4.79 Å². The summed E-state index contributed by atoms with van der Waals surface area (Å²) in [6.45, 7) is 12.4. The Kier molecular flexibility index (Phi) is 6.11. The molecule has 0 amide bonds. The largest absolute Gasteiger partial charge is 0.306 e. The second-order valence-corrected chi connectivity index (χ2v) is 5.91. The molecule has 0 aliphatic rings. The van der Waals surface area contributed by atoms with Crippen LogP contribution in [0.4, 0.5) is 0 Å². The van der Waals surface area contributed by atoms with Crippen LogP contribution >= 0.6 is 0 Å². The van der Waals surface area contributed by atoms with Crippen molar-refractivity contribution >= 4 is 5.78 Å². The van der Waals surface area contributed by atoms with Crippen molar-refractivity contribution in [2.75, 3.05) is 20.1 Å². The van der Waals surface area contributed by atoms with E-state index in [1.165, 1.54) is 6.42 Å². The third-order valence-corrected chi connectivity index (χ3v) is 2.65. The number of hydrogen-bond acceptors (Lipinski definition) is 2. The summed E-state index contributed by atoms with van der Waals surface area (Å²) in [4.78, 5) is 13.9. The zero-order valence-electron chi connectivity index (χ0n) is 11.3. The summed E-state index contributed by atoms with van der Waals surface area (Å²) in [5.41, 5.74) is -0.182. The molecule has 0 saturated carbocycles. The van der Waals surface area contributed by atoms with Gasteiger partial charge in [-0.3, -0.25) is 4.79 Å². The molecular weight excluding hydrogens is 186 g/mol. The van der Waals surface area contributed by atoms with Gasteiger partial charge in [-0.1, -0.05) is 34.6 Å². The van der Waals surface area contributed by atoms with Crippen molar-refractivity contribution in [3.05, 3.63) is 0 Å². The van der Waals surface area contributed by atoms with Gasteiger partial charge >= 0.3 is 0 Å². The van der Waals surface area contributed by atoms with Crippen molar-refractivity contribution in [1.29, 1.82) is 0 Å². The molecule has 0 aromatic heterocycles. The predicted octanol–water partition coefficient (Wildman–Crippen LogP) is 2.97. The average molecular weight is 213 g/mol. The van der Waals surface area contributed by atoms with Crippen molar-refractivity contribution in [1.82, 2.24) is 4.90 Å². The zero-order chi connectivity index (χ0) is 12.1. The molecule has 0 aromatic rings. The van der Waals surface area contributed by atoms with Crippen LogP contribution in [0.5, 0.6) is 0 Å². The van der Waals surface area contributed by atoms with Gasteiger partial charge in [-0.05, 0) is 25.9 Å². The first kappa shape index (κ1) is 14.6. The highest BCUT2D eigenvalue weighted by Crippen LogP contribution is 2.16. The number of Topliss-reactive ketones (excluding diaryl/α,β-unsaturated/α-hetero) is 1. The smallest absolute Gasteiger partial charge is 0.139 e. The summed E-state index contributed by atoms with van der Waals surface area (Å²) in [6, 6.07) is 0. The Hall–Kier alpha value is -0.370. The molecular formula is C13H27NO. The van der Waals surface area contributed by atoms with Gasteiger partial charge in [-0.25, -0.2) is 0 Å². The van der Waals surface area contributed by atoms with Crippen molar-refractivity contribution in [2.24, 2.45) is 11.3 Å². The van der Waals surface area contributed by atoms with E-state index in [1.807, 2.05) is 20.8 Å². The lowest BCUT2D eigenvalue weighted by molar-refractivity contribution is -0.126. The molecule has 0 aliphatic carbocycles. The van der Waals surface area contributed by atoms with E-state index in [2.05, 4.69) is 25.8 Å². The minimum atomic E-state index is -0.182. The molecule has 0 N–H and O–H groups in total. The molecule has 15 heavy (non-hydrogen) atoms. The van der Waals surface area contributed by atoms with E-state index in [0.29, 0.717) is 12.2 Å². The highest BCUT2D eigenvalue weighted by molar-refractivity contribution is 5.83. The highest BCUT2D eigenvalue weighted by Gasteiger charge is 2.20. The lowest BCUT2D eigenvalue weighted by atomic mass is 9.89. The molecule has 0 radical (unpaired) electrons. The highest BCUT2D eigenvalue weighted by atomic mass is 16.1. The summed E-state index contributed by atoms with van der Waals surface area (Å²) >= 11 is 0. The molecule has 0 aromatic carbocycles. The zero-order valence-corrected chi connectivity index (χ0v) is 11.3. The van der Waals surface area contributed by atoms with Gasteiger partial charge in [0.25, 0.3) is 0 Å². The molecule has 0 saturated heterocycles. The van der Waals surface area contributed by atoms with Gasteiger partial charge in [0.15, 0.2) is 0 Å². The van der Waals surface area contributed by atoms with E-state index in [4.69, 9.17) is 0 Å². The second kappa shape index (κ2) is 6.26. The average Bonchev–Trinajstić information content (AvgIpc) is 2.09. The number of hydrogen-bond donors (Lipinski definition) is 0. The maximum atomic E-state index is 11.7. The van der Waals surface area contributed by atoms with E-state index in [1.54, 1.807) is 0 Å². The van der Waals surface area contributed by atoms with E-state index in [0.717, 1.165) is 19.0 Å². The van der Waals surface area contributed by atoms with E-state index in [-0.39, 0.29) is 5.41 Å². The number of ketones is 1. The maximum Gasteiger partial charge on any atom is 0.139 e. The van der Waals surface area contributed by atoms with Crippen molar-refractivity contribution in [3.63, 3.8) is 0 Å². The summed E-state index contributed by atoms with van der Waals surface area (Å²) in [5.74, 6) is 1.10. The van der Waals surface area contributed by atoms with Gasteiger partial charge in [0.2, 0.25) is 0 Å². The van der Waals surface area contributed by atoms with Crippen LogP contribution in [0.1, 0.15) is 47.5 Å². The van der Waals surface area contributed by atoms with Crippen LogP contribution in [-0.4, -0.2) is 30.8 Å². The van der Waals surface area contributed by atoms with Gasteiger partial charge in [0.1, 0.15) is 5.78 Å². The first-order valence-corrected chi connectivity index (χ1v) is 5.95. The van der Waals surface area contributed by atoms with Gasteiger partial charge in [0, 0.05) is 18.4 Å². The monoisotopic (exact) mass is 213 g/mol. The lowest BCUT2D eigenvalue weighted by Crippen LogP contribution is -2.28. The van der Waals surface area contributed by atoms with Crippen molar-refractivity contribution < 1.29 is 4.79 Å². The molecule has 2 heteroatoms. The SMILES string of the molecule is CC(C)CCN(C)CCC(=O)C(C)(C)C. The maximum absolute atomic E-state index is 11.7. The van der Waals surface area contributed by atoms with Crippen LogP contribution in [0.3, 0.4) is 0 Å². The Bertz CT molecular complexity index is 191. The first-order chi connectivity index (χ1) is 6.73. The van der Waals surface area contributed by atoms with Crippen LogP contribution in [0, 0.1) is 11.3 Å². The third-order valence-electron chi connectivity index (χ3n) is 2.65. The van der Waals surface area contributed by atoms with Crippen LogP contribution in [0.2, 0.25) is 0 Å². The summed E-state index contributed by atoms with van der Waals surface area (Å²) in [7, 11) is 2.10. The molecule has 0 spiro atoms. The summed E-state index contributed by atoms with van der Waals surface area (Å²) < 4.78 is 0. The molecule has 0 fully saturated rings. The number of carbonyl (C=O) groups is 1. The number of nitrogens with zero attached hydrogens (tertiary/aromatic N) is 1. The predicted molar refractivity (Wildman–Crippen MR) is 66.0 cm³/mol. The number of rotatable bonds is 6. The summed E-state index contributed by atoms with van der Waals surface area (Å²) in [5, 5.41) is 0. The Balaban J connectivity index is 3.72. The first-order valence-electron chi connectivity index (χ1n) is 5.95. The Labute approximate surface area is 95.0 Å². The fourth-order valence-electron chi connectivity index (χ4n) is 1.26. The van der Waals surface area contributed by atoms with Gasteiger partial charge < -0.3 is 4.90 Å². The molecule has 0 rings (SSSR count). The van der Waals surface area contributed by atoms with Crippen LogP contribution in [0.25, 0.3) is 0 Å². The van der Waals surface area contributed by atoms with Gasteiger partial charge in [-0.15, -0.1) is 0 Å². The Morgan fingerprint density at radius 2 is 1.73 bits per heavy atom. The van der Waals surface area contributed by atoms with Gasteiger partial charge in [-0.2, -0.15) is 0 Å². The van der Waals surface area contributed by atoms with E-state index < -0.39 is 0 Å². The van der Waals surface area contributed by atoms with E-state index in [9.17, 15) is 4.79 Å². The van der Waals surface area contributed by atoms with Crippen LogP contribution < -0.4 is 0 Å². The molecule has 0 bridgehead atoms. The standard InChI is InChI=1S/C13H27NO/c1-11(2)7-9-14(6)10-8-12(15)13(3,4)5/h11H,7-10H2,1-6H3. The molecule has 0 heterocycles. The van der Waals surface area contributed by atoms with E-state index >= 15 is 0 Å². The normalized spacial score (nSPS) is 12.5. The minimum absolute atomic E-state index is 0.182. The molecule has 0 aliphatic heterocycles. The Morgan fingerprint density at radius 1 is 1.20 bits per heavy atom. The lowest BCUT2D eigenvalue weighted by Gasteiger charge is -2.21. The second-order valence-electron chi connectivity index (χ2n) is 5.91. The molecule has 2 nitrogen and oxygen atoms in total. The fraction of sp³-hybridized carbons (Fsp3) is 0.923. The van der Waals surface area contributed by atoms with Crippen LogP contribution in [0.15, 0.2) is 0 Å². The third kappa shape index (κ3) is 7.55. The quantitative estimate of drug-likeness (QED) is 0.676. The summed E-state index contributed by atoms with van der Waals surface area (Å²) in [6.07, 6.45) is 1.89. The fourth-order valence-corrected chi connectivity index (χ4v) is 1.26. The van der Waals surface area contributed by atoms with Crippen molar-refractivity contribution in [2.45, 2.75) is 47.5 Å². The topological polar surface area (TPSA) is 20.3 Å². The van der Waals surface area contributed by atoms with Crippen molar-refractivity contribution in [3.8, 4) is 0 Å². The molecule has 90 valence electrons. The number of carbonyl (C=O) groups excluding carboxylic acids is 1. The molecule has 0 atom stereocenters. The molecule has 0 unspecified atom stereocenters. The van der Waals surface area contributed by atoms with Gasteiger partial charge in [0.05, 0.1) is 0 Å².